The van der Waals surface area contributed by atoms with Crippen LogP contribution in [0.1, 0.15) is 70.3 Å². The standard InChI is InChI=1S/C24H31FN4OS/c25-21-14-8-7-13-20(21)23-27-28-24(29(23)19-11-5-2-6-12-19)31-17-22(30)26-16-15-18-9-3-1-4-10-18/h7-9,13-14,19H,1-6,10-12,15-17H2,(H,26,30). The van der Waals surface area contributed by atoms with E-state index in [4.69, 9.17) is 0 Å². The summed E-state index contributed by atoms with van der Waals surface area (Å²) < 4.78 is 16.6. The van der Waals surface area contributed by atoms with Crippen molar-refractivity contribution in [3.8, 4) is 11.4 Å². The minimum Gasteiger partial charge on any atom is -0.355 e. The van der Waals surface area contributed by atoms with Crippen LogP contribution < -0.4 is 5.32 Å². The van der Waals surface area contributed by atoms with Crippen molar-refractivity contribution in [2.24, 2.45) is 0 Å². The van der Waals surface area contributed by atoms with E-state index in [-0.39, 0.29) is 17.8 Å². The molecule has 0 bridgehead atoms. The van der Waals surface area contributed by atoms with E-state index in [1.54, 1.807) is 12.1 Å². The van der Waals surface area contributed by atoms with Gasteiger partial charge in [-0.1, -0.05) is 54.8 Å². The molecule has 2 aliphatic carbocycles. The highest BCUT2D eigenvalue weighted by Crippen LogP contribution is 2.36. The van der Waals surface area contributed by atoms with E-state index in [1.807, 2.05) is 6.07 Å². The van der Waals surface area contributed by atoms with Crippen molar-refractivity contribution in [3.05, 3.63) is 41.7 Å². The Kier molecular flexibility index (Phi) is 7.78. The van der Waals surface area contributed by atoms with Crippen LogP contribution in [0.15, 0.2) is 41.1 Å². The maximum Gasteiger partial charge on any atom is 0.230 e. The first-order valence-corrected chi connectivity index (χ1v) is 12.5. The fourth-order valence-corrected chi connectivity index (χ4v) is 5.38. The number of hydrogen-bond acceptors (Lipinski definition) is 4. The van der Waals surface area contributed by atoms with Crippen molar-refractivity contribution in [2.75, 3.05) is 12.3 Å². The fourth-order valence-electron chi connectivity index (χ4n) is 4.55. The molecule has 0 radical (unpaired) electrons. The molecule has 0 spiro atoms. The third-order valence-electron chi connectivity index (χ3n) is 6.20. The van der Waals surface area contributed by atoms with Gasteiger partial charge in [0.2, 0.25) is 5.91 Å². The van der Waals surface area contributed by atoms with Gasteiger partial charge in [0.05, 0.1) is 11.3 Å². The zero-order valence-electron chi connectivity index (χ0n) is 18.0. The number of rotatable bonds is 8. The minimum absolute atomic E-state index is 0.00652. The highest BCUT2D eigenvalue weighted by Gasteiger charge is 2.25. The third-order valence-corrected chi connectivity index (χ3v) is 7.15. The summed E-state index contributed by atoms with van der Waals surface area (Å²) in [6.45, 7) is 0.682. The smallest absolute Gasteiger partial charge is 0.230 e. The highest BCUT2D eigenvalue weighted by atomic mass is 32.2. The van der Waals surface area contributed by atoms with Crippen molar-refractivity contribution in [2.45, 2.75) is 75.4 Å². The quantitative estimate of drug-likeness (QED) is 0.422. The lowest BCUT2D eigenvalue weighted by Gasteiger charge is -2.25. The van der Waals surface area contributed by atoms with Gasteiger partial charge in [-0.2, -0.15) is 0 Å². The summed E-state index contributed by atoms with van der Waals surface area (Å²) in [4.78, 5) is 12.4. The molecule has 1 saturated carbocycles. The number of halogens is 1. The Balaban J connectivity index is 1.42. The van der Waals surface area contributed by atoms with Gasteiger partial charge in [0, 0.05) is 12.6 Å². The second kappa shape index (κ2) is 10.9. The number of aromatic nitrogens is 3. The summed E-state index contributed by atoms with van der Waals surface area (Å²) in [5.74, 6) is 0.573. The molecule has 0 saturated heterocycles. The van der Waals surface area contributed by atoms with E-state index in [0.717, 1.165) is 38.5 Å². The molecule has 0 aliphatic heterocycles. The largest absolute Gasteiger partial charge is 0.355 e. The topological polar surface area (TPSA) is 59.8 Å². The number of carbonyl (C=O) groups is 1. The molecule has 1 amide bonds. The van der Waals surface area contributed by atoms with Gasteiger partial charge >= 0.3 is 0 Å². The summed E-state index contributed by atoms with van der Waals surface area (Å²) in [6, 6.07) is 6.96. The van der Waals surface area contributed by atoms with Crippen molar-refractivity contribution >= 4 is 17.7 Å². The van der Waals surface area contributed by atoms with Gasteiger partial charge in [-0.25, -0.2) is 4.39 Å². The van der Waals surface area contributed by atoms with Crippen LogP contribution in [0.4, 0.5) is 4.39 Å². The van der Waals surface area contributed by atoms with Crippen molar-refractivity contribution in [1.29, 1.82) is 0 Å². The zero-order valence-corrected chi connectivity index (χ0v) is 18.8. The number of benzene rings is 1. The van der Waals surface area contributed by atoms with Crippen LogP contribution in [0.3, 0.4) is 0 Å². The van der Waals surface area contributed by atoms with Gasteiger partial charge in [-0.3, -0.25) is 9.36 Å². The van der Waals surface area contributed by atoms with Crippen LogP contribution in [-0.2, 0) is 4.79 Å². The Labute approximate surface area is 187 Å². The van der Waals surface area contributed by atoms with Gasteiger partial charge in [0.25, 0.3) is 0 Å². The molecule has 0 atom stereocenters. The number of amides is 1. The van der Waals surface area contributed by atoms with Crippen LogP contribution in [0.2, 0.25) is 0 Å². The molecule has 2 aromatic rings. The zero-order chi connectivity index (χ0) is 21.5. The summed E-state index contributed by atoms with van der Waals surface area (Å²) in [6.07, 6.45) is 13.7. The lowest BCUT2D eigenvalue weighted by atomic mass is 9.95. The fraction of sp³-hybridized carbons (Fsp3) is 0.542. The molecule has 0 unspecified atom stereocenters. The highest BCUT2D eigenvalue weighted by molar-refractivity contribution is 7.99. The monoisotopic (exact) mass is 442 g/mol. The average molecular weight is 443 g/mol. The van der Waals surface area contributed by atoms with Gasteiger partial charge in [0.1, 0.15) is 5.82 Å². The Bertz CT molecular complexity index is 920. The van der Waals surface area contributed by atoms with Crippen molar-refractivity contribution in [1.82, 2.24) is 20.1 Å². The Hall–Kier alpha value is -2.15. The Morgan fingerprint density at radius 2 is 1.97 bits per heavy atom. The first-order chi connectivity index (χ1) is 15.2. The maximum atomic E-state index is 14.5. The van der Waals surface area contributed by atoms with Gasteiger partial charge in [-0.05, 0) is 57.1 Å². The van der Waals surface area contributed by atoms with Crippen LogP contribution >= 0.6 is 11.8 Å². The predicted molar refractivity (Wildman–Crippen MR) is 122 cm³/mol. The molecular formula is C24H31FN4OS. The molecule has 4 rings (SSSR count). The third kappa shape index (κ3) is 5.76. The van der Waals surface area contributed by atoms with E-state index < -0.39 is 0 Å². The number of carbonyl (C=O) groups excluding carboxylic acids is 1. The lowest BCUT2D eigenvalue weighted by Crippen LogP contribution is -2.26. The normalized spacial score (nSPS) is 17.4. The van der Waals surface area contributed by atoms with E-state index in [2.05, 4.69) is 26.2 Å². The van der Waals surface area contributed by atoms with Gasteiger partial charge < -0.3 is 5.32 Å². The molecule has 1 aromatic carbocycles. The van der Waals surface area contributed by atoms with E-state index in [9.17, 15) is 9.18 Å². The molecule has 1 N–H and O–H groups in total. The molecule has 1 heterocycles. The number of thioether (sulfide) groups is 1. The average Bonchev–Trinajstić information content (AvgIpc) is 3.23. The predicted octanol–water partition coefficient (Wildman–Crippen LogP) is 5.69. The Morgan fingerprint density at radius 1 is 1.13 bits per heavy atom. The van der Waals surface area contributed by atoms with Gasteiger partial charge in [0.15, 0.2) is 11.0 Å². The van der Waals surface area contributed by atoms with Crippen molar-refractivity contribution < 1.29 is 9.18 Å². The summed E-state index contributed by atoms with van der Waals surface area (Å²) in [5.41, 5.74) is 1.93. The molecule has 1 aromatic heterocycles. The second-order valence-corrected chi connectivity index (χ2v) is 9.39. The van der Waals surface area contributed by atoms with Gasteiger partial charge in [-0.15, -0.1) is 10.2 Å². The minimum atomic E-state index is -0.293. The van der Waals surface area contributed by atoms with Crippen LogP contribution in [0.5, 0.6) is 0 Å². The molecule has 31 heavy (non-hydrogen) atoms. The number of hydrogen-bond donors (Lipinski definition) is 1. The summed E-state index contributed by atoms with van der Waals surface area (Å²) >= 11 is 1.40. The lowest BCUT2D eigenvalue weighted by molar-refractivity contribution is -0.118. The van der Waals surface area contributed by atoms with Crippen LogP contribution in [0.25, 0.3) is 11.4 Å². The molecule has 2 aliphatic rings. The van der Waals surface area contributed by atoms with Crippen LogP contribution in [-0.4, -0.2) is 33.0 Å². The molecule has 166 valence electrons. The van der Waals surface area contributed by atoms with Crippen LogP contribution in [0, 0.1) is 5.82 Å². The first-order valence-electron chi connectivity index (χ1n) is 11.5. The number of nitrogens with zero attached hydrogens (tertiary/aromatic N) is 3. The first kappa shape index (κ1) is 22.1. The molecule has 5 nitrogen and oxygen atoms in total. The van der Waals surface area contributed by atoms with Crippen molar-refractivity contribution in [3.63, 3.8) is 0 Å². The molecular weight excluding hydrogens is 411 g/mol. The Morgan fingerprint density at radius 3 is 2.74 bits per heavy atom. The van der Waals surface area contributed by atoms with E-state index in [1.165, 1.54) is 49.1 Å². The maximum absolute atomic E-state index is 14.5. The molecule has 1 fully saturated rings. The number of nitrogens with one attached hydrogen (secondary N) is 1. The molecule has 7 heteroatoms. The summed E-state index contributed by atoms with van der Waals surface area (Å²) in [7, 11) is 0. The van der Waals surface area contributed by atoms with E-state index in [0.29, 0.717) is 28.8 Å². The summed E-state index contributed by atoms with van der Waals surface area (Å²) in [5, 5.41) is 12.4. The number of allylic oxidation sites excluding steroid dienone is 1. The second-order valence-electron chi connectivity index (χ2n) is 8.44. The SMILES string of the molecule is O=C(CSc1nnc(-c2ccccc2F)n1C1CCCCC1)NCCC1=CCCCC1. The van der Waals surface area contributed by atoms with E-state index >= 15 is 0 Å².